The zero-order valence-electron chi connectivity index (χ0n) is 20.0. The second-order valence-corrected chi connectivity index (χ2v) is 10.6. The van der Waals surface area contributed by atoms with Gasteiger partial charge in [0.15, 0.2) is 0 Å². The molecule has 0 atom stereocenters. The van der Waals surface area contributed by atoms with Crippen LogP contribution in [0, 0.1) is 12.8 Å². The summed E-state index contributed by atoms with van der Waals surface area (Å²) in [6.07, 6.45) is 10.3. The van der Waals surface area contributed by atoms with Crippen LogP contribution in [-0.2, 0) is 4.79 Å². The summed E-state index contributed by atoms with van der Waals surface area (Å²) in [5.41, 5.74) is 1.72. The van der Waals surface area contributed by atoms with Crippen molar-refractivity contribution in [1.82, 2.24) is 14.3 Å². The van der Waals surface area contributed by atoms with Crippen LogP contribution in [-0.4, -0.2) is 37.6 Å². The van der Waals surface area contributed by atoms with Crippen molar-refractivity contribution in [2.75, 3.05) is 18.4 Å². The molecule has 2 aromatic rings. The van der Waals surface area contributed by atoms with Crippen LogP contribution in [0.1, 0.15) is 70.4 Å². The molecule has 0 bridgehead atoms. The van der Waals surface area contributed by atoms with E-state index in [9.17, 15) is 9.59 Å². The van der Waals surface area contributed by atoms with E-state index in [2.05, 4.69) is 26.1 Å². The first kappa shape index (κ1) is 25.4. The van der Waals surface area contributed by atoms with Crippen LogP contribution in [0.15, 0.2) is 28.0 Å². The van der Waals surface area contributed by atoms with Gasteiger partial charge in [0.2, 0.25) is 0 Å². The molecule has 0 saturated carbocycles. The topological polar surface area (TPSA) is 66.7 Å². The molecule has 0 aliphatic carbocycles. The summed E-state index contributed by atoms with van der Waals surface area (Å²) in [6, 6.07) is 3.76. The number of rotatable bonds is 11. The van der Waals surface area contributed by atoms with E-state index in [1.807, 2.05) is 19.1 Å². The number of aromatic nitrogens is 2. The van der Waals surface area contributed by atoms with Gasteiger partial charge in [-0.3, -0.25) is 18.9 Å². The Labute approximate surface area is 205 Å². The molecule has 1 amide bonds. The van der Waals surface area contributed by atoms with Gasteiger partial charge in [-0.25, -0.2) is 4.98 Å². The van der Waals surface area contributed by atoms with Crippen molar-refractivity contribution in [1.29, 1.82) is 0 Å². The average Bonchev–Trinajstić information content (AvgIpc) is 3.04. The summed E-state index contributed by atoms with van der Waals surface area (Å²) in [7, 11) is 0. The second-order valence-electron chi connectivity index (χ2n) is 8.94. The van der Waals surface area contributed by atoms with Crippen LogP contribution in [0.4, 0.5) is 5.82 Å². The SMILES string of the molecule is CCCCCCCCN1C(=O)C(=Cc2c(NCC(C)C)nc3c(C)cccn3c2=O)SC1=S. The molecular weight excluding hydrogens is 452 g/mol. The molecule has 3 rings (SSSR count). The highest BCUT2D eigenvalue weighted by molar-refractivity contribution is 8.26. The van der Waals surface area contributed by atoms with Crippen LogP contribution in [0.5, 0.6) is 0 Å². The number of nitrogens with zero attached hydrogens (tertiary/aromatic N) is 3. The lowest BCUT2D eigenvalue weighted by atomic mass is 10.1. The number of amides is 1. The first-order valence-electron chi connectivity index (χ1n) is 11.8. The van der Waals surface area contributed by atoms with Gasteiger partial charge in [-0.05, 0) is 37.0 Å². The Morgan fingerprint density at radius 1 is 1.18 bits per heavy atom. The predicted octanol–water partition coefficient (Wildman–Crippen LogP) is 5.63. The van der Waals surface area contributed by atoms with Crippen molar-refractivity contribution in [3.05, 3.63) is 44.7 Å². The Balaban J connectivity index is 1.87. The molecule has 1 aliphatic heterocycles. The highest BCUT2D eigenvalue weighted by Crippen LogP contribution is 2.33. The molecule has 1 saturated heterocycles. The summed E-state index contributed by atoms with van der Waals surface area (Å²) in [4.78, 5) is 33.3. The number of carbonyl (C=O) groups is 1. The summed E-state index contributed by atoms with van der Waals surface area (Å²) in [5.74, 6) is 0.761. The fraction of sp³-hybridized carbons (Fsp3) is 0.520. The van der Waals surface area contributed by atoms with Crippen LogP contribution in [0.25, 0.3) is 11.7 Å². The Bertz CT molecular complexity index is 1110. The van der Waals surface area contributed by atoms with E-state index in [-0.39, 0.29) is 11.5 Å². The molecule has 1 aliphatic rings. The molecule has 0 spiro atoms. The van der Waals surface area contributed by atoms with Crippen molar-refractivity contribution < 1.29 is 4.79 Å². The second kappa shape index (κ2) is 11.8. The molecule has 2 aromatic heterocycles. The number of thiocarbonyl (C=S) groups is 1. The van der Waals surface area contributed by atoms with Crippen LogP contribution in [0.2, 0.25) is 0 Å². The number of thioether (sulfide) groups is 1. The molecule has 1 fully saturated rings. The van der Waals surface area contributed by atoms with Gasteiger partial charge in [-0.2, -0.15) is 0 Å². The molecule has 1 N–H and O–H groups in total. The van der Waals surface area contributed by atoms with Gasteiger partial charge in [0.05, 0.1) is 10.5 Å². The standard InChI is InChI=1S/C25H34N4O2S2/c1-5-6-7-8-9-10-13-29-24(31)20(33-25(29)32)15-19-21(26-16-17(2)3)27-22-18(4)12-11-14-28(22)23(19)30/h11-12,14-15,17,26H,5-10,13,16H2,1-4H3. The summed E-state index contributed by atoms with van der Waals surface area (Å²) in [5, 5.41) is 3.31. The number of hydrogen-bond donors (Lipinski definition) is 1. The highest BCUT2D eigenvalue weighted by atomic mass is 32.2. The van der Waals surface area contributed by atoms with Gasteiger partial charge < -0.3 is 5.32 Å². The minimum Gasteiger partial charge on any atom is -0.369 e. The maximum Gasteiger partial charge on any atom is 0.267 e. The fourth-order valence-electron chi connectivity index (χ4n) is 3.75. The number of hydrogen-bond acceptors (Lipinski definition) is 6. The van der Waals surface area contributed by atoms with Crippen molar-refractivity contribution in [2.45, 2.75) is 66.2 Å². The molecule has 0 unspecified atom stereocenters. The molecule has 178 valence electrons. The van der Waals surface area contributed by atoms with E-state index < -0.39 is 0 Å². The quantitative estimate of drug-likeness (QED) is 0.252. The average molecular weight is 487 g/mol. The number of fused-ring (bicyclic) bond motifs is 1. The monoisotopic (exact) mass is 486 g/mol. The van der Waals surface area contributed by atoms with Crippen LogP contribution >= 0.6 is 24.0 Å². The van der Waals surface area contributed by atoms with E-state index in [0.29, 0.717) is 45.3 Å². The first-order valence-corrected chi connectivity index (χ1v) is 13.1. The number of nitrogens with one attached hydrogen (secondary N) is 1. The molecule has 6 nitrogen and oxygen atoms in total. The van der Waals surface area contributed by atoms with Crippen molar-refractivity contribution in [3.63, 3.8) is 0 Å². The lowest BCUT2D eigenvalue weighted by molar-refractivity contribution is -0.122. The Hall–Kier alpha value is -2.19. The first-order chi connectivity index (χ1) is 15.8. The minimum atomic E-state index is -0.198. The minimum absolute atomic E-state index is 0.123. The van der Waals surface area contributed by atoms with Crippen LogP contribution in [0.3, 0.4) is 0 Å². The third-order valence-corrected chi connectivity index (χ3v) is 7.02. The van der Waals surface area contributed by atoms with E-state index in [4.69, 9.17) is 17.2 Å². The van der Waals surface area contributed by atoms with Gasteiger partial charge >= 0.3 is 0 Å². The highest BCUT2D eigenvalue weighted by Gasteiger charge is 2.32. The maximum atomic E-state index is 13.4. The Morgan fingerprint density at radius 2 is 1.91 bits per heavy atom. The van der Waals surface area contributed by atoms with Gasteiger partial charge in [-0.1, -0.05) is 82.9 Å². The van der Waals surface area contributed by atoms with Crippen molar-refractivity contribution in [2.24, 2.45) is 5.92 Å². The van der Waals surface area contributed by atoms with Crippen molar-refractivity contribution in [3.8, 4) is 0 Å². The van der Waals surface area contributed by atoms with E-state index in [1.54, 1.807) is 21.6 Å². The fourth-order valence-corrected chi connectivity index (χ4v) is 5.04. The molecule has 0 radical (unpaired) electrons. The summed E-state index contributed by atoms with van der Waals surface area (Å²) < 4.78 is 2.10. The maximum absolute atomic E-state index is 13.4. The third-order valence-electron chi connectivity index (χ3n) is 5.65. The van der Waals surface area contributed by atoms with Gasteiger partial charge in [-0.15, -0.1) is 0 Å². The largest absolute Gasteiger partial charge is 0.369 e. The predicted molar refractivity (Wildman–Crippen MR) is 143 cm³/mol. The smallest absolute Gasteiger partial charge is 0.267 e. The lowest BCUT2D eigenvalue weighted by Gasteiger charge is -2.14. The van der Waals surface area contributed by atoms with Crippen molar-refractivity contribution >= 4 is 51.7 Å². The number of pyridine rings is 1. The van der Waals surface area contributed by atoms with Gasteiger partial charge in [0.25, 0.3) is 11.5 Å². The molecular formula is C25H34N4O2S2. The molecule has 33 heavy (non-hydrogen) atoms. The third kappa shape index (κ3) is 6.23. The Kier molecular flexibility index (Phi) is 9.09. The zero-order valence-corrected chi connectivity index (χ0v) is 21.7. The molecule has 8 heteroatoms. The van der Waals surface area contributed by atoms with Gasteiger partial charge in [0, 0.05) is 19.3 Å². The molecule has 0 aromatic carbocycles. The Morgan fingerprint density at radius 3 is 2.64 bits per heavy atom. The lowest BCUT2D eigenvalue weighted by Crippen LogP contribution is -2.29. The van der Waals surface area contributed by atoms with Crippen LogP contribution < -0.4 is 10.9 Å². The number of anilines is 1. The molecule has 3 heterocycles. The number of carbonyl (C=O) groups excluding carboxylic acids is 1. The van der Waals surface area contributed by atoms with Gasteiger partial charge in [0.1, 0.15) is 15.8 Å². The van der Waals surface area contributed by atoms with E-state index in [1.165, 1.54) is 37.4 Å². The number of unbranched alkanes of at least 4 members (excludes halogenated alkanes) is 5. The normalized spacial score (nSPS) is 15.4. The van der Waals surface area contributed by atoms with E-state index in [0.717, 1.165) is 18.4 Å². The number of aryl methyl sites for hydroxylation is 1. The summed E-state index contributed by atoms with van der Waals surface area (Å²) >= 11 is 6.75. The summed E-state index contributed by atoms with van der Waals surface area (Å²) in [6.45, 7) is 9.63. The van der Waals surface area contributed by atoms with E-state index >= 15 is 0 Å². The zero-order chi connectivity index (χ0) is 24.0.